The van der Waals surface area contributed by atoms with E-state index in [-0.39, 0.29) is 18.2 Å². The summed E-state index contributed by atoms with van der Waals surface area (Å²) < 4.78 is 33.3. The minimum absolute atomic E-state index is 0.125. The molecule has 0 spiro atoms. The summed E-state index contributed by atoms with van der Waals surface area (Å²) in [4.78, 5) is 14.3. The molecule has 2 aliphatic rings. The van der Waals surface area contributed by atoms with Gasteiger partial charge in [0.05, 0.1) is 10.9 Å². The van der Waals surface area contributed by atoms with Gasteiger partial charge in [0.2, 0.25) is 10.0 Å². The number of carbonyl (C=O) groups excluding carboxylic acids is 1. The summed E-state index contributed by atoms with van der Waals surface area (Å²) >= 11 is 0. The highest BCUT2D eigenvalue weighted by atomic mass is 32.2. The molecule has 0 unspecified atom stereocenters. The van der Waals surface area contributed by atoms with Crippen molar-refractivity contribution in [3.05, 3.63) is 42.5 Å². The monoisotopic (exact) mass is 388 g/mol. The van der Waals surface area contributed by atoms with Gasteiger partial charge in [-0.15, -0.1) is 0 Å². The molecule has 0 aliphatic carbocycles. The van der Waals surface area contributed by atoms with Gasteiger partial charge in [-0.25, -0.2) is 13.2 Å². The Bertz CT molecular complexity index is 996. The molecule has 1 amide bonds. The van der Waals surface area contributed by atoms with Crippen LogP contribution >= 0.6 is 0 Å². The lowest BCUT2D eigenvalue weighted by Crippen LogP contribution is -2.51. The van der Waals surface area contributed by atoms with Crippen LogP contribution < -0.4 is 0 Å². The van der Waals surface area contributed by atoms with E-state index in [1.165, 1.54) is 0 Å². The highest BCUT2D eigenvalue weighted by Crippen LogP contribution is 2.36. The van der Waals surface area contributed by atoms with Crippen LogP contribution in [-0.4, -0.2) is 54.5 Å². The number of ether oxygens (including phenoxy) is 1. The third-order valence-corrected chi connectivity index (χ3v) is 7.06. The Morgan fingerprint density at radius 1 is 1.04 bits per heavy atom. The van der Waals surface area contributed by atoms with E-state index < -0.39 is 15.6 Å². The van der Waals surface area contributed by atoms with Gasteiger partial charge >= 0.3 is 6.09 Å². The molecule has 2 aliphatic heterocycles. The number of likely N-dealkylation sites (tertiary alicyclic amines) is 1. The summed E-state index contributed by atoms with van der Waals surface area (Å²) in [5.74, 6) is 0. The second kappa shape index (κ2) is 6.21. The molecule has 0 radical (unpaired) electrons. The fraction of sp³-hybridized carbons (Fsp3) is 0.450. The first-order chi connectivity index (χ1) is 12.6. The van der Waals surface area contributed by atoms with Gasteiger partial charge in [0.25, 0.3) is 0 Å². The van der Waals surface area contributed by atoms with Crippen LogP contribution in [0.4, 0.5) is 4.79 Å². The molecule has 144 valence electrons. The number of rotatable bonds is 2. The second-order valence-electron chi connectivity index (χ2n) is 8.26. The third kappa shape index (κ3) is 3.30. The fourth-order valence-corrected chi connectivity index (χ4v) is 5.63. The van der Waals surface area contributed by atoms with Crippen LogP contribution in [0.2, 0.25) is 0 Å². The lowest BCUT2D eigenvalue weighted by Gasteiger charge is -2.34. The van der Waals surface area contributed by atoms with Gasteiger partial charge in [-0.1, -0.05) is 30.3 Å². The Morgan fingerprint density at radius 3 is 2.37 bits per heavy atom. The predicted octanol–water partition coefficient (Wildman–Crippen LogP) is 3.22. The van der Waals surface area contributed by atoms with E-state index in [0.29, 0.717) is 24.4 Å². The highest BCUT2D eigenvalue weighted by molar-refractivity contribution is 7.89. The molecule has 2 atom stereocenters. The Kier molecular flexibility index (Phi) is 4.20. The topological polar surface area (TPSA) is 66.9 Å². The van der Waals surface area contributed by atoms with Gasteiger partial charge in [-0.05, 0) is 50.1 Å². The number of nitrogens with zero attached hydrogens (tertiary/aromatic N) is 2. The van der Waals surface area contributed by atoms with Gasteiger partial charge < -0.3 is 9.64 Å². The van der Waals surface area contributed by atoms with Crippen molar-refractivity contribution in [3.63, 3.8) is 0 Å². The van der Waals surface area contributed by atoms with Crippen molar-refractivity contribution in [2.45, 2.75) is 49.8 Å². The predicted molar refractivity (Wildman–Crippen MR) is 103 cm³/mol. The molecule has 2 aromatic rings. The van der Waals surface area contributed by atoms with Crippen LogP contribution in [0.3, 0.4) is 0 Å². The Morgan fingerprint density at radius 2 is 1.74 bits per heavy atom. The first-order valence-corrected chi connectivity index (χ1v) is 10.6. The molecule has 2 aromatic carbocycles. The number of hydrogen-bond acceptors (Lipinski definition) is 4. The molecule has 2 fully saturated rings. The lowest BCUT2D eigenvalue weighted by atomic mass is 10.1. The molecule has 4 rings (SSSR count). The number of amides is 1. The smallest absolute Gasteiger partial charge is 0.410 e. The molecular weight excluding hydrogens is 364 g/mol. The van der Waals surface area contributed by atoms with Crippen molar-refractivity contribution in [2.75, 3.05) is 13.1 Å². The summed E-state index contributed by atoms with van der Waals surface area (Å²) in [6, 6.07) is 12.6. The number of benzene rings is 2. The number of carbonyl (C=O) groups is 1. The molecule has 27 heavy (non-hydrogen) atoms. The maximum Gasteiger partial charge on any atom is 0.410 e. The Hall–Kier alpha value is -2.12. The van der Waals surface area contributed by atoms with Crippen molar-refractivity contribution < 1.29 is 17.9 Å². The standard InChI is InChI=1S/C20H24N2O4S/c1-20(2,3)26-19(23)21-12-17-11-16(21)13-22(17)27(24,25)18-9-8-14-6-4-5-7-15(14)10-18/h4-10,16-17H,11-13H2,1-3H3/t16-,17-/m0/s1. The minimum atomic E-state index is -3.59. The Labute approximate surface area is 159 Å². The zero-order valence-corrected chi connectivity index (χ0v) is 16.6. The molecule has 6 nitrogen and oxygen atoms in total. The zero-order valence-electron chi connectivity index (χ0n) is 15.8. The van der Waals surface area contributed by atoms with Crippen LogP contribution in [-0.2, 0) is 14.8 Å². The highest BCUT2D eigenvalue weighted by Gasteiger charge is 2.50. The van der Waals surface area contributed by atoms with Gasteiger partial charge in [0.15, 0.2) is 0 Å². The van der Waals surface area contributed by atoms with Crippen molar-refractivity contribution in [3.8, 4) is 0 Å². The average Bonchev–Trinajstić information content (AvgIpc) is 3.21. The number of sulfonamides is 1. The molecule has 0 N–H and O–H groups in total. The zero-order chi connectivity index (χ0) is 19.4. The van der Waals surface area contributed by atoms with Crippen LogP contribution in [0.5, 0.6) is 0 Å². The number of fused-ring (bicyclic) bond motifs is 3. The van der Waals surface area contributed by atoms with Crippen LogP contribution in [0.25, 0.3) is 10.8 Å². The molecule has 7 heteroatoms. The van der Waals surface area contributed by atoms with Gasteiger partial charge in [-0.3, -0.25) is 0 Å². The molecular formula is C20H24N2O4S. The van der Waals surface area contributed by atoms with Gasteiger partial charge in [0.1, 0.15) is 5.60 Å². The van der Waals surface area contributed by atoms with Crippen LogP contribution in [0.15, 0.2) is 47.4 Å². The summed E-state index contributed by atoms with van der Waals surface area (Å²) in [5.41, 5.74) is -0.560. The summed E-state index contributed by atoms with van der Waals surface area (Å²) in [7, 11) is -3.59. The van der Waals surface area contributed by atoms with Crippen molar-refractivity contribution >= 4 is 26.9 Å². The molecule has 2 bridgehead atoms. The van der Waals surface area contributed by atoms with Gasteiger partial charge in [0, 0.05) is 19.1 Å². The largest absolute Gasteiger partial charge is 0.444 e. The van der Waals surface area contributed by atoms with E-state index >= 15 is 0 Å². The average molecular weight is 388 g/mol. The summed E-state index contributed by atoms with van der Waals surface area (Å²) in [6.07, 6.45) is 0.296. The summed E-state index contributed by atoms with van der Waals surface area (Å²) in [6.45, 7) is 6.19. The van der Waals surface area contributed by atoms with Crippen LogP contribution in [0.1, 0.15) is 27.2 Å². The fourth-order valence-electron chi connectivity index (χ4n) is 3.93. The van der Waals surface area contributed by atoms with E-state index in [0.717, 1.165) is 10.8 Å². The molecule has 0 saturated carbocycles. The maximum absolute atomic E-state index is 13.2. The van der Waals surface area contributed by atoms with E-state index in [9.17, 15) is 13.2 Å². The van der Waals surface area contributed by atoms with E-state index in [2.05, 4.69) is 0 Å². The normalized spacial score (nSPS) is 23.1. The van der Waals surface area contributed by atoms with E-state index in [4.69, 9.17) is 4.74 Å². The molecule has 2 saturated heterocycles. The Balaban J connectivity index is 1.54. The lowest BCUT2D eigenvalue weighted by molar-refractivity contribution is 0.0173. The third-order valence-electron chi connectivity index (χ3n) is 5.15. The maximum atomic E-state index is 13.2. The minimum Gasteiger partial charge on any atom is -0.444 e. The van der Waals surface area contributed by atoms with Crippen molar-refractivity contribution in [1.82, 2.24) is 9.21 Å². The first kappa shape index (κ1) is 18.3. The SMILES string of the molecule is CC(C)(C)OC(=O)N1C[C@@H]2C[C@H]1CN2S(=O)(=O)c1ccc2ccccc2c1. The first-order valence-electron chi connectivity index (χ1n) is 9.15. The van der Waals surface area contributed by atoms with Crippen molar-refractivity contribution in [1.29, 1.82) is 0 Å². The van der Waals surface area contributed by atoms with E-state index in [1.54, 1.807) is 21.3 Å². The number of piperazine rings is 1. The van der Waals surface area contributed by atoms with Crippen molar-refractivity contribution in [2.24, 2.45) is 0 Å². The quantitative estimate of drug-likeness (QED) is 0.792. The molecule has 2 heterocycles. The summed E-state index contributed by atoms with van der Waals surface area (Å²) in [5, 5.41) is 1.91. The number of hydrogen-bond donors (Lipinski definition) is 0. The second-order valence-corrected chi connectivity index (χ2v) is 10.2. The van der Waals surface area contributed by atoms with E-state index in [1.807, 2.05) is 51.1 Å². The van der Waals surface area contributed by atoms with Crippen LogP contribution in [0, 0.1) is 0 Å². The van der Waals surface area contributed by atoms with Gasteiger partial charge in [-0.2, -0.15) is 4.31 Å². The molecule has 0 aromatic heterocycles.